The molecular weight excluding hydrogens is 290 g/mol. The molecule has 0 fully saturated rings. The number of anilines is 2. The number of nitrogens with two attached hydrogens (primary N) is 1. The highest BCUT2D eigenvalue weighted by Gasteiger charge is 2.13. The summed E-state index contributed by atoms with van der Waals surface area (Å²) >= 11 is 1.05. The second-order valence-corrected chi connectivity index (χ2v) is 4.86. The molecule has 8 heteroatoms. The molecule has 1 amide bonds. The topological polar surface area (TPSA) is 125 Å². The van der Waals surface area contributed by atoms with Gasteiger partial charge in [0.05, 0.1) is 11.8 Å². The fraction of sp³-hybridized carbons (Fsp3) is 0.0769. The number of carbonyl (C=O) groups is 1. The number of H-pyrrole nitrogens is 1. The van der Waals surface area contributed by atoms with Crippen molar-refractivity contribution in [2.75, 3.05) is 16.8 Å². The number of aromatic nitrogens is 2. The van der Waals surface area contributed by atoms with Crippen LogP contribution in [0, 0.1) is 11.3 Å². The predicted octanol–water partition coefficient (Wildman–Crippen LogP) is 1.22. The molecule has 0 spiro atoms. The Bertz CT molecular complexity index is 751. The van der Waals surface area contributed by atoms with Gasteiger partial charge in [0.1, 0.15) is 5.69 Å². The van der Waals surface area contributed by atoms with Crippen LogP contribution in [0.4, 0.5) is 11.5 Å². The Morgan fingerprint density at radius 3 is 2.76 bits per heavy atom. The number of benzene rings is 1. The fourth-order valence-electron chi connectivity index (χ4n) is 1.53. The lowest BCUT2D eigenvalue weighted by atomic mass is 10.2. The van der Waals surface area contributed by atoms with E-state index in [0.29, 0.717) is 5.56 Å². The summed E-state index contributed by atoms with van der Waals surface area (Å²) in [6.07, 6.45) is 0. The molecule has 0 aliphatic heterocycles. The number of aromatic amines is 1. The molecule has 0 saturated heterocycles. The van der Waals surface area contributed by atoms with Gasteiger partial charge in [0.25, 0.3) is 11.5 Å². The average molecular weight is 301 g/mol. The first-order valence-electron chi connectivity index (χ1n) is 5.87. The molecule has 0 unspecified atom stereocenters. The van der Waals surface area contributed by atoms with Crippen molar-refractivity contribution in [3.05, 3.63) is 46.2 Å². The van der Waals surface area contributed by atoms with E-state index in [4.69, 9.17) is 11.0 Å². The number of hydrogen-bond acceptors (Lipinski definition) is 6. The fourth-order valence-corrected chi connectivity index (χ4v) is 2.06. The summed E-state index contributed by atoms with van der Waals surface area (Å²) in [5.74, 6) is -0.409. The molecule has 4 N–H and O–H groups in total. The SMILES string of the molecule is N#CCSc1nc(N)c(NC(=O)c2ccccc2)c(=O)[nH]1. The van der Waals surface area contributed by atoms with Crippen LogP contribution in [-0.2, 0) is 0 Å². The third-order valence-corrected chi connectivity index (χ3v) is 3.21. The normalized spacial score (nSPS) is 9.86. The van der Waals surface area contributed by atoms with E-state index in [1.165, 1.54) is 0 Å². The summed E-state index contributed by atoms with van der Waals surface area (Å²) < 4.78 is 0. The van der Waals surface area contributed by atoms with Gasteiger partial charge in [-0.1, -0.05) is 30.0 Å². The molecule has 0 radical (unpaired) electrons. The Balaban J connectivity index is 2.23. The lowest BCUT2D eigenvalue weighted by molar-refractivity contribution is 0.102. The molecule has 1 aromatic heterocycles. The molecule has 1 heterocycles. The van der Waals surface area contributed by atoms with Crippen molar-refractivity contribution < 1.29 is 4.79 Å². The number of thioether (sulfide) groups is 1. The number of rotatable bonds is 4. The first-order valence-corrected chi connectivity index (χ1v) is 6.86. The summed E-state index contributed by atoms with van der Waals surface area (Å²) in [5.41, 5.74) is 5.41. The van der Waals surface area contributed by atoms with Gasteiger partial charge in [0.2, 0.25) is 0 Å². The number of hydrogen-bond donors (Lipinski definition) is 3. The van der Waals surface area contributed by atoms with E-state index in [1.807, 2.05) is 6.07 Å². The zero-order valence-corrected chi connectivity index (χ0v) is 11.6. The highest BCUT2D eigenvalue weighted by Crippen LogP contribution is 2.16. The van der Waals surface area contributed by atoms with Gasteiger partial charge in [-0.25, -0.2) is 4.98 Å². The Morgan fingerprint density at radius 2 is 2.14 bits per heavy atom. The maximum atomic E-state index is 12.0. The number of nitrogens with one attached hydrogen (secondary N) is 2. The number of nitrogen functional groups attached to an aromatic ring is 1. The Kier molecular flexibility index (Phi) is 4.58. The van der Waals surface area contributed by atoms with E-state index >= 15 is 0 Å². The van der Waals surface area contributed by atoms with Crippen LogP contribution < -0.4 is 16.6 Å². The number of nitrogens with zero attached hydrogens (tertiary/aromatic N) is 2. The van der Waals surface area contributed by atoms with Crippen molar-refractivity contribution in [1.29, 1.82) is 5.26 Å². The first kappa shape index (κ1) is 14.6. The zero-order chi connectivity index (χ0) is 15.2. The van der Waals surface area contributed by atoms with Crippen LogP contribution >= 0.6 is 11.8 Å². The minimum Gasteiger partial charge on any atom is -0.382 e. The summed E-state index contributed by atoms with van der Waals surface area (Å²) in [6, 6.07) is 10.3. The predicted molar refractivity (Wildman–Crippen MR) is 80.0 cm³/mol. The smallest absolute Gasteiger partial charge is 0.277 e. The van der Waals surface area contributed by atoms with Crippen LogP contribution in [0.3, 0.4) is 0 Å². The van der Waals surface area contributed by atoms with Gasteiger partial charge in [-0.05, 0) is 12.1 Å². The maximum Gasteiger partial charge on any atom is 0.277 e. The van der Waals surface area contributed by atoms with Gasteiger partial charge in [-0.2, -0.15) is 5.26 Å². The van der Waals surface area contributed by atoms with Crippen LogP contribution in [0.1, 0.15) is 10.4 Å². The van der Waals surface area contributed by atoms with Gasteiger partial charge in [0, 0.05) is 5.56 Å². The lowest BCUT2D eigenvalue weighted by Crippen LogP contribution is -2.23. The van der Waals surface area contributed by atoms with Crippen LogP contribution in [0.2, 0.25) is 0 Å². The molecule has 0 aliphatic carbocycles. The van der Waals surface area contributed by atoms with E-state index in [2.05, 4.69) is 15.3 Å². The molecular formula is C13H11N5O2S. The molecule has 0 aliphatic rings. The van der Waals surface area contributed by atoms with E-state index in [0.717, 1.165) is 11.8 Å². The standard InChI is InChI=1S/C13H11N5O2S/c14-6-7-21-13-17-10(15)9(12(20)18-13)16-11(19)8-4-2-1-3-5-8/h1-5H,7H2,(H,16,19)(H3,15,17,18,20). The van der Waals surface area contributed by atoms with Crippen LogP contribution in [0.15, 0.2) is 40.3 Å². The zero-order valence-electron chi connectivity index (χ0n) is 10.8. The van der Waals surface area contributed by atoms with Gasteiger partial charge in [-0.15, -0.1) is 0 Å². The largest absolute Gasteiger partial charge is 0.382 e. The van der Waals surface area contributed by atoms with Crippen molar-refractivity contribution in [1.82, 2.24) is 9.97 Å². The van der Waals surface area contributed by atoms with E-state index in [9.17, 15) is 9.59 Å². The monoisotopic (exact) mass is 301 g/mol. The third kappa shape index (κ3) is 3.61. The highest BCUT2D eigenvalue weighted by atomic mass is 32.2. The van der Waals surface area contributed by atoms with E-state index < -0.39 is 11.5 Å². The van der Waals surface area contributed by atoms with Gasteiger partial charge < -0.3 is 11.1 Å². The second-order valence-electron chi connectivity index (χ2n) is 3.90. The number of nitriles is 1. The Labute approximate surface area is 124 Å². The number of carbonyl (C=O) groups excluding carboxylic acids is 1. The summed E-state index contributed by atoms with van der Waals surface area (Å²) in [4.78, 5) is 30.3. The summed E-state index contributed by atoms with van der Waals surface area (Å²) in [6.45, 7) is 0. The minimum atomic E-state index is -0.563. The molecule has 106 valence electrons. The Hall–Kier alpha value is -2.79. The maximum absolute atomic E-state index is 12.0. The van der Waals surface area contributed by atoms with E-state index in [1.54, 1.807) is 30.3 Å². The van der Waals surface area contributed by atoms with E-state index in [-0.39, 0.29) is 22.4 Å². The molecule has 0 bridgehead atoms. The third-order valence-electron chi connectivity index (χ3n) is 2.47. The highest BCUT2D eigenvalue weighted by molar-refractivity contribution is 7.99. The van der Waals surface area contributed by atoms with Crippen LogP contribution in [0.25, 0.3) is 0 Å². The molecule has 1 aromatic carbocycles. The molecule has 0 atom stereocenters. The quantitative estimate of drug-likeness (QED) is 0.576. The first-order chi connectivity index (χ1) is 10.1. The van der Waals surface area contributed by atoms with Gasteiger partial charge >= 0.3 is 0 Å². The minimum absolute atomic E-state index is 0.0940. The molecule has 0 saturated carbocycles. The van der Waals surface area contributed by atoms with Crippen molar-refractivity contribution in [3.8, 4) is 6.07 Å². The van der Waals surface area contributed by atoms with Crippen molar-refractivity contribution >= 4 is 29.2 Å². The molecule has 7 nitrogen and oxygen atoms in total. The lowest BCUT2D eigenvalue weighted by Gasteiger charge is -2.07. The van der Waals surface area contributed by atoms with Gasteiger partial charge in [-0.3, -0.25) is 14.6 Å². The molecule has 2 rings (SSSR count). The van der Waals surface area contributed by atoms with Gasteiger partial charge in [0.15, 0.2) is 11.0 Å². The summed E-state index contributed by atoms with van der Waals surface area (Å²) in [5, 5.41) is 11.2. The van der Waals surface area contributed by atoms with Crippen LogP contribution in [-0.4, -0.2) is 21.6 Å². The van der Waals surface area contributed by atoms with Crippen molar-refractivity contribution in [3.63, 3.8) is 0 Å². The van der Waals surface area contributed by atoms with Crippen molar-refractivity contribution in [2.24, 2.45) is 0 Å². The molecule has 21 heavy (non-hydrogen) atoms. The van der Waals surface area contributed by atoms with Crippen LogP contribution in [0.5, 0.6) is 0 Å². The van der Waals surface area contributed by atoms with Crippen molar-refractivity contribution in [2.45, 2.75) is 5.16 Å². The molecule has 2 aromatic rings. The second kappa shape index (κ2) is 6.58. The summed E-state index contributed by atoms with van der Waals surface area (Å²) in [7, 11) is 0. The number of amides is 1. The Morgan fingerprint density at radius 1 is 1.43 bits per heavy atom. The average Bonchev–Trinajstić information content (AvgIpc) is 2.49.